The average molecular weight is 272 g/mol. The first kappa shape index (κ1) is 13.5. The minimum absolute atomic E-state index is 0.195. The Bertz CT molecular complexity index is 590. The third kappa shape index (κ3) is 3.54. The number of nitrogens with zero attached hydrogens (tertiary/aromatic N) is 2. The molecule has 2 rings (SSSR count). The molecule has 0 radical (unpaired) electrons. The minimum atomic E-state index is 0.195. The fourth-order valence-corrected chi connectivity index (χ4v) is 2.02. The van der Waals surface area contributed by atoms with Crippen LogP contribution in [0.4, 0.5) is 0 Å². The molecule has 0 unspecified atom stereocenters. The van der Waals surface area contributed by atoms with Gasteiger partial charge in [-0.3, -0.25) is 4.98 Å². The van der Waals surface area contributed by atoms with E-state index in [4.69, 9.17) is 16.9 Å². The van der Waals surface area contributed by atoms with Gasteiger partial charge in [-0.2, -0.15) is 5.26 Å². The van der Waals surface area contributed by atoms with Gasteiger partial charge in [-0.05, 0) is 36.2 Å². The summed E-state index contributed by atoms with van der Waals surface area (Å²) in [6.45, 7) is 2.73. The molecule has 96 valence electrons. The van der Waals surface area contributed by atoms with E-state index in [1.54, 1.807) is 18.3 Å². The third-order valence-electron chi connectivity index (χ3n) is 2.97. The summed E-state index contributed by atoms with van der Waals surface area (Å²) in [5.74, 6) is 0. The average Bonchev–Trinajstić information content (AvgIpc) is 2.46. The number of hydrogen-bond acceptors (Lipinski definition) is 3. The largest absolute Gasteiger partial charge is 0.306 e. The Labute approximate surface area is 117 Å². The standard InChI is InChI=1S/C15H14ClN3/c1-11(13-3-2-6-18-9-13)19-10-14-5-4-12(8-17)7-15(14)16/h2-7,9,11,19H,10H2,1H3/t11-/m0/s1. The van der Waals surface area contributed by atoms with Crippen LogP contribution in [0, 0.1) is 11.3 Å². The second-order valence-electron chi connectivity index (χ2n) is 4.31. The van der Waals surface area contributed by atoms with Crippen molar-refractivity contribution in [3.05, 3.63) is 64.4 Å². The van der Waals surface area contributed by atoms with Gasteiger partial charge in [0.15, 0.2) is 0 Å². The van der Waals surface area contributed by atoms with Gasteiger partial charge in [0.05, 0.1) is 11.6 Å². The van der Waals surface area contributed by atoms with Gasteiger partial charge in [0.25, 0.3) is 0 Å². The number of aromatic nitrogens is 1. The fraction of sp³-hybridized carbons (Fsp3) is 0.200. The highest BCUT2D eigenvalue weighted by atomic mass is 35.5. The monoisotopic (exact) mass is 271 g/mol. The molecule has 0 amide bonds. The van der Waals surface area contributed by atoms with Crippen molar-refractivity contribution in [1.29, 1.82) is 5.26 Å². The molecule has 0 fully saturated rings. The van der Waals surface area contributed by atoms with E-state index in [1.807, 2.05) is 24.4 Å². The summed E-state index contributed by atoms with van der Waals surface area (Å²) in [6.07, 6.45) is 3.60. The van der Waals surface area contributed by atoms with Crippen molar-refractivity contribution in [1.82, 2.24) is 10.3 Å². The molecule has 0 aliphatic heterocycles. The molecule has 0 bridgehead atoms. The predicted octanol–water partition coefficient (Wildman–Crippen LogP) is 3.46. The number of pyridine rings is 1. The zero-order valence-electron chi connectivity index (χ0n) is 10.6. The molecular weight excluding hydrogens is 258 g/mol. The van der Waals surface area contributed by atoms with Crippen molar-refractivity contribution < 1.29 is 0 Å². The van der Waals surface area contributed by atoms with E-state index in [9.17, 15) is 0 Å². The molecule has 0 spiro atoms. The van der Waals surface area contributed by atoms with Crippen molar-refractivity contribution in [2.75, 3.05) is 0 Å². The molecule has 1 heterocycles. The van der Waals surface area contributed by atoms with Gasteiger partial charge in [-0.1, -0.05) is 23.7 Å². The smallest absolute Gasteiger partial charge is 0.0992 e. The SMILES string of the molecule is C[C@H](NCc1ccc(C#N)cc1Cl)c1cccnc1. The molecular formula is C15H14ClN3. The molecule has 0 saturated heterocycles. The topological polar surface area (TPSA) is 48.7 Å². The molecule has 1 N–H and O–H groups in total. The number of nitrogens with one attached hydrogen (secondary N) is 1. The summed E-state index contributed by atoms with van der Waals surface area (Å²) in [7, 11) is 0. The van der Waals surface area contributed by atoms with Gasteiger partial charge in [-0.25, -0.2) is 0 Å². The van der Waals surface area contributed by atoms with Gasteiger partial charge >= 0.3 is 0 Å². The van der Waals surface area contributed by atoms with Crippen LogP contribution in [0.25, 0.3) is 0 Å². The molecule has 1 aromatic heterocycles. The van der Waals surface area contributed by atoms with Crippen LogP contribution >= 0.6 is 11.6 Å². The summed E-state index contributed by atoms with van der Waals surface area (Å²) >= 11 is 6.13. The Hall–Kier alpha value is -1.89. The van der Waals surface area contributed by atoms with Crippen LogP contribution in [0.2, 0.25) is 5.02 Å². The van der Waals surface area contributed by atoms with Crippen molar-refractivity contribution in [3.63, 3.8) is 0 Å². The zero-order chi connectivity index (χ0) is 13.7. The molecule has 0 saturated carbocycles. The third-order valence-corrected chi connectivity index (χ3v) is 3.32. The van der Waals surface area contributed by atoms with Gasteiger partial charge in [-0.15, -0.1) is 0 Å². The van der Waals surface area contributed by atoms with Crippen LogP contribution in [-0.2, 0) is 6.54 Å². The predicted molar refractivity (Wildman–Crippen MR) is 75.7 cm³/mol. The van der Waals surface area contributed by atoms with Crippen molar-refractivity contribution >= 4 is 11.6 Å². The van der Waals surface area contributed by atoms with Crippen molar-refractivity contribution in [3.8, 4) is 6.07 Å². The normalized spacial score (nSPS) is 11.8. The summed E-state index contributed by atoms with van der Waals surface area (Å²) in [4.78, 5) is 4.10. The second kappa shape index (κ2) is 6.33. The Morgan fingerprint density at radius 2 is 2.26 bits per heavy atom. The second-order valence-corrected chi connectivity index (χ2v) is 4.71. The van der Waals surface area contributed by atoms with E-state index in [0.717, 1.165) is 11.1 Å². The van der Waals surface area contributed by atoms with E-state index < -0.39 is 0 Å². The van der Waals surface area contributed by atoms with Gasteiger partial charge in [0.2, 0.25) is 0 Å². The first-order chi connectivity index (χ1) is 9.20. The first-order valence-electron chi connectivity index (χ1n) is 6.02. The van der Waals surface area contributed by atoms with Crippen molar-refractivity contribution in [2.45, 2.75) is 19.5 Å². The Morgan fingerprint density at radius 3 is 2.89 bits per heavy atom. The highest BCUT2D eigenvalue weighted by Crippen LogP contribution is 2.19. The number of halogens is 1. The van der Waals surface area contributed by atoms with Gasteiger partial charge in [0, 0.05) is 30.0 Å². The highest BCUT2D eigenvalue weighted by Gasteiger charge is 2.06. The van der Waals surface area contributed by atoms with Crippen molar-refractivity contribution in [2.24, 2.45) is 0 Å². The maximum absolute atomic E-state index is 8.79. The maximum atomic E-state index is 8.79. The fourth-order valence-electron chi connectivity index (χ4n) is 1.77. The van der Waals surface area contributed by atoms with Gasteiger partial charge < -0.3 is 5.32 Å². The van der Waals surface area contributed by atoms with E-state index in [0.29, 0.717) is 17.1 Å². The van der Waals surface area contributed by atoms with Crippen LogP contribution in [0.15, 0.2) is 42.7 Å². The first-order valence-corrected chi connectivity index (χ1v) is 6.40. The summed E-state index contributed by atoms with van der Waals surface area (Å²) in [5, 5.41) is 12.8. The van der Waals surface area contributed by atoms with Gasteiger partial charge in [0.1, 0.15) is 0 Å². The van der Waals surface area contributed by atoms with Crippen LogP contribution in [0.1, 0.15) is 29.7 Å². The van der Waals surface area contributed by atoms with E-state index in [-0.39, 0.29) is 6.04 Å². The lowest BCUT2D eigenvalue weighted by atomic mass is 10.1. The van der Waals surface area contributed by atoms with E-state index in [1.165, 1.54) is 0 Å². The van der Waals surface area contributed by atoms with Crippen LogP contribution in [-0.4, -0.2) is 4.98 Å². The lowest BCUT2D eigenvalue weighted by Gasteiger charge is -2.14. The van der Waals surface area contributed by atoms with Crippen LogP contribution < -0.4 is 5.32 Å². The Balaban J connectivity index is 2.01. The summed E-state index contributed by atoms with van der Waals surface area (Å²) in [6, 6.07) is 11.6. The number of hydrogen-bond donors (Lipinski definition) is 1. The molecule has 4 heteroatoms. The molecule has 2 aromatic rings. The van der Waals surface area contributed by atoms with E-state index >= 15 is 0 Å². The van der Waals surface area contributed by atoms with Crippen LogP contribution in [0.3, 0.4) is 0 Å². The summed E-state index contributed by atoms with van der Waals surface area (Å²) < 4.78 is 0. The molecule has 19 heavy (non-hydrogen) atoms. The number of nitriles is 1. The molecule has 1 aromatic carbocycles. The molecule has 0 aliphatic rings. The Kier molecular flexibility index (Phi) is 4.51. The minimum Gasteiger partial charge on any atom is -0.306 e. The lowest BCUT2D eigenvalue weighted by Crippen LogP contribution is -2.18. The molecule has 1 atom stereocenters. The summed E-state index contributed by atoms with van der Waals surface area (Å²) in [5.41, 5.74) is 2.69. The number of benzene rings is 1. The lowest BCUT2D eigenvalue weighted by molar-refractivity contribution is 0.573. The van der Waals surface area contributed by atoms with E-state index in [2.05, 4.69) is 23.3 Å². The zero-order valence-corrected chi connectivity index (χ0v) is 11.4. The Morgan fingerprint density at radius 1 is 1.42 bits per heavy atom. The molecule has 3 nitrogen and oxygen atoms in total. The molecule has 0 aliphatic carbocycles. The quantitative estimate of drug-likeness (QED) is 0.926. The number of rotatable bonds is 4. The maximum Gasteiger partial charge on any atom is 0.0992 e. The van der Waals surface area contributed by atoms with Crippen LogP contribution in [0.5, 0.6) is 0 Å². The highest BCUT2D eigenvalue weighted by molar-refractivity contribution is 6.31.